The Balaban J connectivity index is -0.000000506. The number of thioether (sulfide) groups is 1. The summed E-state index contributed by atoms with van der Waals surface area (Å²) in [6.07, 6.45) is 3.60. The monoisotopic (exact) mass is 279 g/mol. The van der Waals surface area contributed by atoms with E-state index in [0.717, 1.165) is 12.2 Å². The van der Waals surface area contributed by atoms with Crippen LogP contribution in [0.2, 0.25) is 0 Å². The number of nitrogens with two attached hydrogens (primary N) is 1. The van der Waals surface area contributed by atoms with E-state index in [2.05, 4.69) is 13.8 Å². The minimum absolute atomic E-state index is 0.264. The minimum Gasteiger partial charge on any atom is -0.465 e. The third-order valence-electron chi connectivity index (χ3n) is 1.88. The van der Waals surface area contributed by atoms with E-state index in [1.165, 1.54) is 0 Å². The summed E-state index contributed by atoms with van der Waals surface area (Å²) in [5.41, 5.74) is 5.63. The fourth-order valence-corrected chi connectivity index (χ4v) is 1.35. The average Bonchev–Trinajstić information content (AvgIpc) is 2.40. The Morgan fingerprint density at radius 1 is 1.17 bits per heavy atom. The molecule has 1 atom stereocenters. The summed E-state index contributed by atoms with van der Waals surface area (Å²) in [5.74, 6) is 1.20. The van der Waals surface area contributed by atoms with Gasteiger partial charge in [0.1, 0.15) is 6.04 Å². The van der Waals surface area contributed by atoms with Crippen molar-refractivity contribution in [3.05, 3.63) is 0 Å². The maximum absolute atomic E-state index is 11.3. The molecule has 0 radical (unpaired) electrons. The highest BCUT2D eigenvalue weighted by molar-refractivity contribution is 7.98. The molecule has 1 unspecified atom stereocenters. The van der Waals surface area contributed by atoms with Crippen LogP contribution in [0.3, 0.4) is 0 Å². The lowest BCUT2D eigenvalue weighted by Crippen LogP contribution is -2.33. The zero-order chi connectivity index (χ0) is 15.0. The molecule has 0 aromatic rings. The predicted molar refractivity (Wildman–Crippen MR) is 84.1 cm³/mol. The predicted octanol–water partition coefficient (Wildman–Crippen LogP) is 3.71. The van der Waals surface area contributed by atoms with Crippen molar-refractivity contribution in [2.45, 2.75) is 60.4 Å². The first kappa shape index (κ1) is 22.9. The van der Waals surface area contributed by atoms with Gasteiger partial charge in [-0.3, -0.25) is 4.79 Å². The Morgan fingerprint density at radius 3 is 2.06 bits per heavy atom. The van der Waals surface area contributed by atoms with E-state index < -0.39 is 6.04 Å². The molecule has 0 bridgehead atoms. The number of carbonyl (C=O) groups is 1. The van der Waals surface area contributed by atoms with Gasteiger partial charge >= 0.3 is 5.97 Å². The number of esters is 1. The summed E-state index contributed by atoms with van der Waals surface area (Å²) in [5, 5.41) is 0. The van der Waals surface area contributed by atoms with Crippen molar-refractivity contribution in [3.8, 4) is 0 Å². The SMILES string of the molecule is CC.CC.CSCCC(N)C(=O)OCCC(C)C. The Hall–Kier alpha value is -0.220. The Kier molecular flexibility index (Phi) is 24.4. The third-order valence-corrected chi connectivity index (χ3v) is 2.52. The van der Waals surface area contributed by atoms with Gasteiger partial charge in [-0.25, -0.2) is 0 Å². The molecule has 3 nitrogen and oxygen atoms in total. The summed E-state index contributed by atoms with van der Waals surface area (Å²) in [4.78, 5) is 11.3. The second kappa shape index (κ2) is 19.1. The van der Waals surface area contributed by atoms with Crippen LogP contribution in [0.1, 0.15) is 54.4 Å². The van der Waals surface area contributed by atoms with E-state index in [4.69, 9.17) is 10.5 Å². The van der Waals surface area contributed by atoms with E-state index >= 15 is 0 Å². The van der Waals surface area contributed by atoms with Crippen LogP contribution in [0, 0.1) is 5.92 Å². The molecule has 0 aromatic heterocycles. The zero-order valence-electron chi connectivity index (χ0n) is 13.3. The molecule has 0 rings (SSSR count). The van der Waals surface area contributed by atoms with Gasteiger partial charge in [-0.2, -0.15) is 11.8 Å². The summed E-state index contributed by atoms with van der Waals surface area (Å²) in [6.45, 7) is 12.7. The molecule has 0 aromatic carbocycles. The smallest absolute Gasteiger partial charge is 0.322 e. The summed E-state index contributed by atoms with van der Waals surface area (Å²) >= 11 is 1.69. The molecule has 18 heavy (non-hydrogen) atoms. The lowest BCUT2D eigenvalue weighted by molar-refractivity contribution is -0.145. The normalized spacial score (nSPS) is 10.7. The summed E-state index contributed by atoms with van der Waals surface area (Å²) in [7, 11) is 0. The van der Waals surface area contributed by atoms with E-state index in [1.54, 1.807) is 11.8 Å². The van der Waals surface area contributed by atoms with Gasteiger partial charge in [0.25, 0.3) is 0 Å². The minimum atomic E-state index is -0.449. The molecule has 0 spiro atoms. The van der Waals surface area contributed by atoms with Crippen LogP contribution in [0.4, 0.5) is 0 Å². The van der Waals surface area contributed by atoms with Crippen molar-refractivity contribution in [1.82, 2.24) is 0 Å². The van der Waals surface area contributed by atoms with Gasteiger partial charge < -0.3 is 10.5 Å². The molecule has 112 valence electrons. The van der Waals surface area contributed by atoms with Crippen LogP contribution in [0.25, 0.3) is 0 Å². The first-order chi connectivity index (χ1) is 8.57. The van der Waals surface area contributed by atoms with Crippen molar-refractivity contribution < 1.29 is 9.53 Å². The zero-order valence-corrected chi connectivity index (χ0v) is 14.1. The van der Waals surface area contributed by atoms with Gasteiger partial charge in [-0.1, -0.05) is 41.5 Å². The van der Waals surface area contributed by atoms with E-state index in [0.29, 0.717) is 18.9 Å². The molecule has 0 heterocycles. The molecule has 0 amide bonds. The van der Waals surface area contributed by atoms with Crippen LogP contribution < -0.4 is 5.73 Å². The highest BCUT2D eigenvalue weighted by Gasteiger charge is 2.13. The second-order valence-corrected chi connectivity index (χ2v) is 4.72. The van der Waals surface area contributed by atoms with Crippen LogP contribution in [-0.4, -0.2) is 30.6 Å². The van der Waals surface area contributed by atoms with Crippen molar-refractivity contribution in [2.75, 3.05) is 18.6 Å². The lowest BCUT2D eigenvalue weighted by atomic mass is 10.1. The van der Waals surface area contributed by atoms with E-state index in [-0.39, 0.29) is 5.97 Å². The van der Waals surface area contributed by atoms with Gasteiger partial charge in [-0.05, 0) is 30.8 Å². The number of ether oxygens (including phenoxy) is 1. The second-order valence-electron chi connectivity index (χ2n) is 3.74. The standard InChI is InChI=1S/C10H21NO2S.2C2H6/c1-8(2)4-6-13-10(12)9(11)5-7-14-3;2*1-2/h8-9H,4-7,11H2,1-3H3;2*1-2H3. The van der Waals surface area contributed by atoms with Crippen LogP contribution in [0.15, 0.2) is 0 Å². The number of hydrogen-bond donors (Lipinski definition) is 1. The molecule has 0 aliphatic carbocycles. The third kappa shape index (κ3) is 18.2. The Morgan fingerprint density at radius 2 is 1.67 bits per heavy atom. The fraction of sp³-hybridized carbons (Fsp3) is 0.929. The van der Waals surface area contributed by atoms with Crippen LogP contribution >= 0.6 is 11.8 Å². The van der Waals surface area contributed by atoms with Crippen molar-refractivity contribution in [3.63, 3.8) is 0 Å². The highest BCUT2D eigenvalue weighted by atomic mass is 32.2. The van der Waals surface area contributed by atoms with Crippen molar-refractivity contribution >= 4 is 17.7 Å². The van der Waals surface area contributed by atoms with Gasteiger partial charge in [0.05, 0.1) is 6.61 Å². The molecule has 0 saturated carbocycles. The molecule has 4 heteroatoms. The van der Waals surface area contributed by atoms with Crippen LogP contribution in [-0.2, 0) is 9.53 Å². The molecule has 2 N–H and O–H groups in total. The largest absolute Gasteiger partial charge is 0.465 e. The number of carbonyl (C=O) groups excluding carboxylic acids is 1. The van der Waals surface area contributed by atoms with Gasteiger partial charge in [0.2, 0.25) is 0 Å². The number of rotatable bonds is 7. The van der Waals surface area contributed by atoms with Gasteiger partial charge in [0.15, 0.2) is 0 Å². The first-order valence-corrected chi connectivity index (χ1v) is 8.38. The molecule has 0 fully saturated rings. The number of hydrogen-bond acceptors (Lipinski definition) is 4. The van der Waals surface area contributed by atoms with Crippen molar-refractivity contribution in [1.29, 1.82) is 0 Å². The summed E-state index contributed by atoms with van der Waals surface area (Å²) < 4.78 is 5.04. The molecular formula is C14H33NO2S. The van der Waals surface area contributed by atoms with Crippen molar-refractivity contribution in [2.24, 2.45) is 11.7 Å². The molecule has 0 saturated heterocycles. The quantitative estimate of drug-likeness (QED) is 0.722. The average molecular weight is 279 g/mol. The molecule has 0 aliphatic heterocycles. The Bertz CT molecular complexity index is 164. The van der Waals surface area contributed by atoms with E-state index in [1.807, 2.05) is 34.0 Å². The van der Waals surface area contributed by atoms with Crippen LogP contribution in [0.5, 0.6) is 0 Å². The van der Waals surface area contributed by atoms with Gasteiger partial charge in [-0.15, -0.1) is 0 Å². The fourth-order valence-electron chi connectivity index (χ4n) is 0.865. The molecular weight excluding hydrogens is 246 g/mol. The van der Waals surface area contributed by atoms with Gasteiger partial charge in [0, 0.05) is 0 Å². The highest BCUT2D eigenvalue weighted by Crippen LogP contribution is 2.03. The lowest BCUT2D eigenvalue weighted by Gasteiger charge is -2.11. The van der Waals surface area contributed by atoms with E-state index in [9.17, 15) is 4.79 Å². The molecule has 0 aliphatic rings. The summed E-state index contributed by atoms with van der Waals surface area (Å²) in [6, 6.07) is -0.449. The maximum Gasteiger partial charge on any atom is 0.322 e. The maximum atomic E-state index is 11.3. The first-order valence-electron chi connectivity index (χ1n) is 6.99. The topological polar surface area (TPSA) is 52.3 Å². The Labute approximate surface area is 118 Å².